The predicted molar refractivity (Wildman–Crippen MR) is 72.7 cm³/mol. The van der Waals surface area contributed by atoms with Crippen molar-refractivity contribution in [1.82, 2.24) is 5.01 Å². The Balaban J connectivity index is 1.75. The van der Waals surface area contributed by atoms with Crippen LogP contribution in [0.15, 0.2) is 35.4 Å². The lowest BCUT2D eigenvalue weighted by Gasteiger charge is -2.28. The number of nitrogens with zero attached hydrogens (tertiary/aromatic N) is 2. The molecule has 1 unspecified atom stereocenters. The lowest BCUT2D eigenvalue weighted by Crippen LogP contribution is -2.35. The minimum Gasteiger partial charge on any atom is -0.381 e. The summed E-state index contributed by atoms with van der Waals surface area (Å²) in [4.78, 5) is 12.5. The Kier molecular flexibility index (Phi) is 3.60. The fraction of sp³-hybridized carbons (Fsp3) is 0.467. The number of carbonyl (C=O) groups is 1. The van der Waals surface area contributed by atoms with Crippen molar-refractivity contribution >= 4 is 12.1 Å². The molecule has 1 saturated heterocycles. The van der Waals surface area contributed by atoms with E-state index in [2.05, 4.69) is 17.2 Å². The van der Waals surface area contributed by atoms with Crippen molar-refractivity contribution in [3.05, 3.63) is 35.9 Å². The van der Waals surface area contributed by atoms with Gasteiger partial charge < -0.3 is 4.74 Å². The first-order chi connectivity index (χ1) is 9.36. The van der Waals surface area contributed by atoms with Crippen molar-refractivity contribution in [1.29, 1.82) is 0 Å². The SMILES string of the molecule is O=C(C1CCOCC1)N1N=CCC1c1ccccc1. The van der Waals surface area contributed by atoms with Crippen LogP contribution in [0.25, 0.3) is 0 Å². The van der Waals surface area contributed by atoms with Gasteiger partial charge in [0.1, 0.15) is 0 Å². The molecule has 0 aromatic heterocycles. The van der Waals surface area contributed by atoms with Crippen LogP contribution in [0.3, 0.4) is 0 Å². The van der Waals surface area contributed by atoms with Gasteiger partial charge in [-0.05, 0) is 18.4 Å². The smallest absolute Gasteiger partial charge is 0.246 e. The van der Waals surface area contributed by atoms with Gasteiger partial charge in [-0.25, -0.2) is 5.01 Å². The van der Waals surface area contributed by atoms with E-state index in [-0.39, 0.29) is 17.9 Å². The van der Waals surface area contributed by atoms with Crippen molar-refractivity contribution < 1.29 is 9.53 Å². The Hall–Kier alpha value is -1.68. The summed E-state index contributed by atoms with van der Waals surface area (Å²) in [5.41, 5.74) is 1.15. The van der Waals surface area contributed by atoms with Gasteiger partial charge in [-0.2, -0.15) is 5.10 Å². The molecule has 0 N–H and O–H groups in total. The summed E-state index contributed by atoms with van der Waals surface area (Å²) < 4.78 is 5.31. The standard InChI is InChI=1S/C15H18N2O2/c18-15(13-7-10-19-11-8-13)17-14(6-9-16-17)12-4-2-1-3-5-12/h1-5,9,13-14H,6-8,10-11H2. The Labute approximate surface area is 113 Å². The lowest BCUT2D eigenvalue weighted by atomic mass is 9.97. The quantitative estimate of drug-likeness (QED) is 0.817. The number of carbonyl (C=O) groups excluding carboxylic acids is 1. The minimum absolute atomic E-state index is 0.0650. The predicted octanol–water partition coefficient (Wildman–Crippen LogP) is 2.37. The van der Waals surface area contributed by atoms with Crippen LogP contribution in [-0.4, -0.2) is 30.3 Å². The second kappa shape index (κ2) is 5.53. The Morgan fingerprint density at radius 1 is 1.21 bits per heavy atom. The number of hydrogen-bond donors (Lipinski definition) is 0. The zero-order chi connectivity index (χ0) is 13.1. The average molecular weight is 258 g/mol. The molecule has 0 aliphatic carbocycles. The van der Waals surface area contributed by atoms with Crippen LogP contribution >= 0.6 is 0 Å². The summed E-state index contributed by atoms with van der Waals surface area (Å²) in [6.45, 7) is 1.37. The van der Waals surface area contributed by atoms with Gasteiger partial charge in [0.2, 0.25) is 5.91 Å². The highest BCUT2D eigenvalue weighted by Gasteiger charge is 2.33. The van der Waals surface area contributed by atoms with Crippen molar-refractivity contribution in [2.75, 3.05) is 13.2 Å². The first-order valence-electron chi connectivity index (χ1n) is 6.84. The molecular weight excluding hydrogens is 240 g/mol. The van der Waals surface area contributed by atoms with E-state index in [4.69, 9.17) is 4.74 Å². The molecule has 4 nitrogen and oxygen atoms in total. The number of ether oxygens (including phenoxy) is 1. The highest BCUT2D eigenvalue weighted by Crippen LogP contribution is 2.31. The second-order valence-corrected chi connectivity index (χ2v) is 5.03. The summed E-state index contributed by atoms with van der Waals surface area (Å²) in [5.74, 6) is 0.209. The summed E-state index contributed by atoms with van der Waals surface area (Å²) in [7, 11) is 0. The number of hydrazone groups is 1. The Morgan fingerprint density at radius 2 is 1.95 bits per heavy atom. The molecule has 2 aliphatic heterocycles. The molecule has 0 radical (unpaired) electrons. The maximum absolute atomic E-state index is 12.5. The molecule has 1 atom stereocenters. The fourth-order valence-corrected chi connectivity index (χ4v) is 2.71. The third kappa shape index (κ3) is 2.54. The van der Waals surface area contributed by atoms with Crippen LogP contribution in [0.4, 0.5) is 0 Å². The third-order valence-electron chi connectivity index (χ3n) is 3.81. The van der Waals surface area contributed by atoms with Crippen LogP contribution in [0.2, 0.25) is 0 Å². The van der Waals surface area contributed by atoms with Crippen LogP contribution in [0.5, 0.6) is 0 Å². The maximum Gasteiger partial charge on any atom is 0.246 e. The molecule has 0 saturated carbocycles. The van der Waals surface area contributed by atoms with Gasteiger partial charge in [0.05, 0.1) is 6.04 Å². The average Bonchev–Trinajstić information content (AvgIpc) is 2.98. The van der Waals surface area contributed by atoms with Gasteiger partial charge >= 0.3 is 0 Å². The molecule has 1 aromatic carbocycles. The van der Waals surface area contributed by atoms with Gasteiger partial charge in [-0.1, -0.05) is 30.3 Å². The van der Waals surface area contributed by atoms with Crippen LogP contribution in [-0.2, 0) is 9.53 Å². The van der Waals surface area contributed by atoms with E-state index < -0.39 is 0 Å². The molecule has 2 aliphatic rings. The van der Waals surface area contributed by atoms with E-state index >= 15 is 0 Å². The van der Waals surface area contributed by atoms with Crippen LogP contribution in [0, 0.1) is 5.92 Å². The Morgan fingerprint density at radius 3 is 2.68 bits per heavy atom. The first-order valence-corrected chi connectivity index (χ1v) is 6.84. The van der Waals surface area contributed by atoms with Crippen LogP contribution < -0.4 is 0 Å². The van der Waals surface area contributed by atoms with E-state index in [9.17, 15) is 4.79 Å². The lowest BCUT2D eigenvalue weighted by molar-refractivity contribution is -0.140. The normalized spacial score (nSPS) is 23.8. The highest BCUT2D eigenvalue weighted by atomic mass is 16.5. The van der Waals surface area contributed by atoms with Gasteiger partial charge in [0.25, 0.3) is 0 Å². The number of benzene rings is 1. The molecule has 19 heavy (non-hydrogen) atoms. The number of amides is 1. The maximum atomic E-state index is 12.5. The highest BCUT2D eigenvalue weighted by molar-refractivity contribution is 5.82. The van der Waals surface area contributed by atoms with E-state index in [0.717, 1.165) is 24.8 Å². The van der Waals surface area contributed by atoms with E-state index in [0.29, 0.717) is 13.2 Å². The van der Waals surface area contributed by atoms with Crippen molar-refractivity contribution in [3.63, 3.8) is 0 Å². The zero-order valence-electron chi connectivity index (χ0n) is 10.9. The molecule has 1 amide bonds. The fourth-order valence-electron chi connectivity index (χ4n) is 2.71. The van der Waals surface area contributed by atoms with Crippen molar-refractivity contribution in [2.24, 2.45) is 11.0 Å². The van der Waals surface area contributed by atoms with E-state index in [1.807, 2.05) is 24.4 Å². The molecule has 100 valence electrons. The summed E-state index contributed by atoms with van der Waals surface area (Å²) in [6, 6.07) is 10.2. The molecule has 2 heterocycles. The van der Waals surface area contributed by atoms with Crippen molar-refractivity contribution in [3.8, 4) is 0 Å². The number of rotatable bonds is 2. The van der Waals surface area contributed by atoms with E-state index in [1.54, 1.807) is 5.01 Å². The topological polar surface area (TPSA) is 41.9 Å². The molecule has 1 fully saturated rings. The molecule has 1 aromatic rings. The summed E-state index contributed by atoms with van der Waals surface area (Å²) in [6.07, 6.45) is 4.27. The van der Waals surface area contributed by atoms with Gasteiger partial charge in [0.15, 0.2) is 0 Å². The third-order valence-corrected chi connectivity index (χ3v) is 3.81. The zero-order valence-corrected chi connectivity index (χ0v) is 10.9. The van der Waals surface area contributed by atoms with E-state index in [1.165, 1.54) is 0 Å². The van der Waals surface area contributed by atoms with Gasteiger partial charge in [-0.15, -0.1) is 0 Å². The molecular formula is C15H18N2O2. The summed E-state index contributed by atoms with van der Waals surface area (Å²) in [5, 5.41) is 5.96. The Bertz CT molecular complexity index is 466. The minimum atomic E-state index is 0.0650. The number of hydrogen-bond acceptors (Lipinski definition) is 3. The van der Waals surface area contributed by atoms with Gasteiger partial charge in [-0.3, -0.25) is 4.79 Å². The molecule has 0 spiro atoms. The molecule has 4 heteroatoms. The van der Waals surface area contributed by atoms with Gasteiger partial charge in [0, 0.05) is 31.8 Å². The monoisotopic (exact) mass is 258 g/mol. The molecule has 3 rings (SSSR count). The first kappa shape index (κ1) is 12.4. The largest absolute Gasteiger partial charge is 0.381 e. The second-order valence-electron chi connectivity index (χ2n) is 5.03. The summed E-state index contributed by atoms with van der Waals surface area (Å²) >= 11 is 0. The van der Waals surface area contributed by atoms with Crippen molar-refractivity contribution in [2.45, 2.75) is 25.3 Å². The van der Waals surface area contributed by atoms with Crippen LogP contribution in [0.1, 0.15) is 30.9 Å². The molecule has 0 bridgehead atoms.